The summed E-state index contributed by atoms with van der Waals surface area (Å²) in [5.74, 6) is 0. The van der Waals surface area contributed by atoms with Gasteiger partial charge in [0.05, 0.1) is 12.6 Å². The van der Waals surface area contributed by atoms with Gasteiger partial charge in [0.1, 0.15) is 0 Å². The number of carbonyl (C=O) groups is 1. The van der Waals surface area contributed by atoms with E-state index in [2.05, 4.69) is 10.1 Å². The van der Waals surface area contributed by atoms with Crippen LogP contribution in [-0.2, 0) is 4.74 Å². The highest BCUT2D eigenvalue weighted by Crippen LogP contribution is 2.17. The zero-order chi connectivity index (χ0) is 11.5. The molecule has 15 heavy (non-hydrogen) atoms. The molecule has 1 saturated heterocycles. The van der Waals surface area contributed by atoms with Gasteiger partial charge in [-0.3, -0.25) is 4.74 Å². The molecule has 0 aromatic rings. The van der Waals surface area contributed by atoms with Crippen molar-refractivity contribution in [3.05, 3.63) is 0 Å². The maximum absolute atomic E-state index is 11.7. The summed E-state index contributed by atoms with van der Waals surface area (Å²) in [4.78, 5) is 11.6. The normalized spacial score (nSPS) is 22.9. The number of halogens is 3. The molecule has 2 N–H and O–H groups in total. The van der Waals surface area contributed by atoms with Crippen molar-refractivity contribution in [3.8, 4) is 0 Å². The highest BCUT2D eigenvalue weighted by molar-refractivity contribution is 5.65. The summed E-state index contributed by atoms with van der Waals surface area (Å²) in [7, 11) is 0. The molecule has 0 radical (unpaired) electrons. The van der Waals surface area contributed by atoms with Gasteiger partial charge in [0.25, 0.3) is 0 Å². The maximum Gasteiger partial charge on any atom is 0.522 e. The van der Waals surface area contributed by atoms with Crippen LogP contribution in [0.15, 0.2) is 0 Å². The van der Waals surface area contributed by atoms with Crippen LogP contribution in [0.2, 0.25) is 0 Å². The Balaban J connectivity index is 2.46. The van der Waals surface area contributed by atoms with Crippen LogP contribution in [0.4, 0.5) is 18.0 Å². The van der Waals surface area contributed by atoms with E-state index in [1.165, 1.54) is 0 Å². The lowest BCUT2D eigenvalue weighted by Crippen LogP contribution is -2.55. The maximum atomic E-state index is 11.7. The molecule has 0 bridgehead atoms. The van der Waals surface area contributed by atoms with Gasteiger partial charge in [-0.1, -0.05) is 0 Å². The molecule has 1 heterocycles. The predicted molar refractivity (Wildman–Crippen MR) is 43.4 cm³/mol. The Morgan fingerprint density at radius 2 is 2.27 bits per heavy atom. The topological polar surface area (TPSA) is 61.8 Å². The monoisotopic (exact) mass is 228 g/mol. The SMILES string of the molecule is O=C(O)N1CCNC[C@H]1COC(F)(F)F. The quantitative estimate of drug-likeness (QED) is 0.721. The molecule has 1 amide bonds. The van der Waals surface area contributed by atoms with E-state index in [1.54, 1.807) is 0 Å². The first kappa shape index (κ1) is 12.1. The summed E-state index contributed by atoms with van der Waals surface area (Å²) in [5.41, 5.74) is 0. The van der Waals surface area contributed by atoms with Crippen LogP contribution < -0.4 is 5.32 Å². The van der Waals surface area contributed by atoms with Gasteiger partial charge in [-0.2, -0.15) is 0 Å². The molecule has 88 valence electrons. The molecular formula is C7H11F3N2O3. The van der Waals surface area contributed by atoms with Crippen LogP contribution >= 0.6 is 0 Å². The number of hydrogen-bond acceptors (Lipinski definition) is 3. The number of carboxylic acid groups (broad SMARTS) is 1. The summed E-state index contributed by atoms with van der Waals surface area (Å²) in [5, 5.41) is 11.5. The molecule has 0 unspecified atom stereocenters. The first-order valence-electron chi connectivity index (χ1n) is 4.31. The molecule has 1 aliphatic heterocycles. The second-order valence-corrected chi connectivity index (χ2v) is 3.09. The van der Waals surface area contributed by atoms with Crippen molar-refractivity contribution < 1.29 is 27.8 Å². The molecule has 0 saturated carbocycles. The van der Waals surface area contributed by atoms with Gasteiger partial charge in [-0.05, 0) is 0 Å². The van der Waals surface area contributed by atoms with Crippen molar-refractivity contribution in [2.75, 3.05) is 26.2 Å². The number of piperazine rings is 1. The molecule has 0 aliphatic carbocycles. The minimum atomic E-state index is -4.72. The fourth-order valence-corrected chi connectivity index (χ4v) is 1.35. The van der Waals surface area contributed by atoms with Crippen molar-refractivity contribution in [2.24, 2.45) is 0 Å². The van der Waals surface area contributed by atoms with E-state index in [1.807, 2.05) is 0 Å². The Bertz CT molecular complexity index is 234. The van der Waals surface area contributed by atoms with Gasteiger partial charge in [0.15, 0.2) is 0 Å². The van der Waals surface area contributed by atoms with Crippen molar-refractivity contribution in [1.29, 1.82) is 0 Å². The van der Waals surface area contributed by atoms with Crippen molar-refractivity contribution >= 4 is 6.09 Å². The third kappa shape index (κ3) is 3.92. The molecule has 1 atom stereocenters. The van der Waals surface area contributed by atoms with E-state index in [0.717, 1.165) is 4.90 Å². The van der Waals surface area contributed by atoms with Crippen LogP contribution in [0.3, 0.4) is 0 Å². The van der Waals surface area contributed by atoms with E-state index < -0.39 is 25.1 Å². The first-order chi connectivity index (χ1) is 6.90. The number of amides is 1. The Hall–Kier alpha value is -1.02. The third-order valence-corrected chi connectivity index (χ3v) is 2.04. The fraction of sp³-hybridized carbons (Fsp3) is 0.857. The largest absolute Gasteiger partial charge is 0.522 e. The average Bonchev–Trinajstić information content (AvgIpc) is 2.14. The summed E-state index contributed by atoms with van der Waals surface area (Å²) < 4.78 is 38.8. The highest BCUT2D eigenvalue weighted by Gasteiger charge is 2.34. The second-order valence-electron chi connectivity index (χ2n) is 3.09. The van der Waals surface area contributed by atoms with Gasteiger partial charge in [0.2, 0.25) is 0 Å². The standard InChI is InChI=1S/C7H11F3N2O3/c8-7(9,10)15-4-5-3-11-1-2-12(5)6(13)14/h5,11H,1-4H2,(H,13,14)/t5-/m0/s1. The number of rotatable bonds is 2. The van der Waals surface area contributed by atoms with E-state index in [9.17, 15) is 18.0 Å². The Labute approximate surface area is 83.8 Å². The summed E-state index contributed by atoms with van der Waals surface area (Å²) in [6.07, 6.45) is -5.95. The molecular weight excluding hydrogens is 217 g/mol. The number of hydrogen-bond donors (Lipinski definition) is 2. The lowest BCUT2D eigenvalue weighted by molar-refractivity contribution is -0.328. The Morgan fingerprint density at radius 1 is 1.60 bits per heavy atom. The highest BCUT2D eigenvalue weighted by atomic mass is 19.4. The van der Waals surface area contributed by atoms with E-state index >= 15 is 0 Å². The van der Waals surface area contributed by atoms with Crippen LogP contribution in [0.5, 0.6) is 0 Å². The van der Waals surface area contributed by atoms with Crippen LogP contribution in [-0.4, -0.2) is 54.7 Å². The van der Waals surface area contributed by atoms with Crippen molar-refractivity contribution in [1.82, 2.24) is 10.2 Å². The number of nitrogens with zero attached hydrogens (tertiary/aromatic N) is 1. The molecule has 8 heteroatoms. The number of alkyl halides is 3. The average molecular weight is 228 g/mol. The van der Waals surface area contributed by atoms with Crippen molar-refractivity contribution in [3.63, 3.8) is 0 Å². The minimum absolute atomic E-state index is 0.168. The molecule has 1 rings (SSSR count). The first-order valence-corrected chi connectivity index (χ1v) is 4.31. The minimum Gasteiger partial charge on any atom is -0.465 e. The van der Waals surface area contributed by atoms with Crippen molar-refractivity contribution in [2.45, 2.75) is 12.4 Å². The van der Waals surface area contributed by atoms with Gasteiger partial charge in [-0.15, -0.1) is 13.2 Å². The molecule has 1 fully saturated rings. The zero-order valence-corrected chi connectivity index (χ0v) is 7.75. The number of nitrogens with one attached hydrogen (secondary N) is 1. The molecule has 0 spiro atoms. The Kier molecular flexibility index (Phi) is 3.75. The third-order valence-electron chi connectivity index (χ3n) is 2.04. The Morgan fingerprint density at radius 3 is 2.80 bits per heavy atom. The zero-order valence-electron chi connectivity index (χ0n) is 7.75. The van der Waals surface area contributed by atoms with Gasteiger partial charge in [-0.25, -0.2) is 4.79 Å². The molecule has 1 aliphatic rings. The second kappa shape index (κ2) is 4.67. The molecule has 0 aromatic carbocycles. The van der Waals surface area contributed by atoms with Crippen LogP contribution in [0.1, 0.15) is 0 Å². The molecule has 0 aromatic heterocycles. The van der Waals surface area contributed by atoms with E-state index in [4.69, 9.17) is 5.11 Å². The van der Waals surface area contributed by atoms with E-state index in [0.29, 0.717) is 6.54 Å². The fourth-order valence-electron chi connectivity index (χ4n) is 1.35. The predicted octanol–water partition coefficient (Wildman–Crippen LogP) is 0.475. The summed E-state index contributed by atoms with van der Waals surface area (Å²) >= 11 is 0. The van der Waals surface area contributed by atoms with Crippen LogP contribution in [0.25, 0.3) is 0 Å². The van der Waals surface area contributed by atoms with Gasteiger partial charge < -0.3 is 15.3 Å². The lowest BCUT2D eigenvalue weighted by Gasteiger charge is -2.33. The summed E-state index contributed by atoms with van der Waals surface area (Å²) in [6.45, 7) is 0.0984. The van der Waals surface area contributed by atoms with Gasteiger partial charge >= 0.3 is 12.5 Å². The molecule has 5 nitrogen and oxygen atoms in total. The smallest absolute Gasteiger partial charge is 0.465 e. The summed E-state index contributed by atoms with van der Waals surface area (Å²) in [6, 6.07) is -0.794. The lowest BCUT2D eigenvalue weighted by atomic mass is 10.2. The van der Waals surface area contributed by atoms with Gasteiger partial charge in [0, 0.05) is 19.6 Å². The van der Waals surface area contributed by atoms with Crippen LogP contribution in [0, 0.1) is 0 Å². The van der Waals surface area contributed by atoms with E-state index in [-0.39, 0.29) is 13.1 Å². The number of ether oxygens (including phenoxy) is 1.